The van der Waals surface area contributed by atoms with Gasteiger partial charge in [0.1, 0.15) is 16.2 Å². The van der Waals surface area contributed by atoms with Gasteiger partial charge in [-0.15, -0.1) is 0 Å². The Hall–Kier alpha value is -2.42. The van der Waals surface area contributed by atoms with E-state index in [4.69, 9.17) is 17.0 Å². The molecular weight excluding hydrogens is 450 g/mol. The quantitative estimate of drug-likeness (QED) is 0.497. The van der Waals surface area contributed by atoms with E-state index < -0.39 is 9.84 Å². The largest absolute Gasteiger partial charge is 0.480 e. The first kappa shape index (κ1) is 20.5. The molecule has 0 radical (unpaired) electrons. The van der Waals surface area contributed by atoms with Crippen molar-refractivity contribution in [3.63, 3.8) is 0 Å². The zero-order chi connectivity index (χ0) is 21.6. The third kappa shape index (κ3) is 3.95. The molecule has 0 aliphatic carbocycles. The molecule has 0 spiro atoms. The zero-order valence-corrected chi connectivity index (χ0v) is 18.9. The summed E-state index contributed by atoms with van der Waals surface area (Å²) >= 11 is 6.66. The zero-order valence-electron chi connectivity index (χ0n) is 16.4. The summed E-state index contributed by atoms with van der Waals surface area (Å²) in [4.78, 5) is 15.1. The summed E-state index contributed by atoms with van der Waals surface area (Å²) in [6.07, 6.45) is 3.93. The van der Waals surface area contributed by atoms with Crippen molar-refractivity contribution >= 4 is 50.1 Å². The summed E-state index contributed by atoms with van der Waals surface area (Å²) in [5, 5.41) is 0. The number of thioether (sulfide) groups is 1. The maximum Gasteiger partial charge on any atom is 0.266 e. The molecule has 0 aromatic heterocycles. The van der Waals surface area contributed by atoms with E-state index in [-0.39, 0.29) is 29.6 Å². The molecule has 31 heavy (non-hydrogen) atoms. The molecule has 2 fully saturated rings. The van der Waals surface area contributed by atoms with Gasteiger partial charge in [-0.1, -0.05) is 72.5 Å². The molecule has 2 saturated heterocycles. The second-order valence-corrected chi connectivity index (χ2v) is 11.6. The lowest BCUT2D eigenvalue weighted by Gasteiger charge is -2.26. The number of carbonyl (C=O) groups excluding carboxylic acids is 1. The lowest BCUT2D eigenvalue weighted by atomic mass is 9.95. The van der Waals surface area contributed by atoms with Gasteiger partial charge in [-0.3, -0.25) is 9.69 Å². The molecule has 3 aliphatic heterocycles. The van der Waals surface area contributed by atoms with Crippen LogP contribution in [0.25, 0.3) is 6.08 Å². The van der Waals surface area contributed by atoms with Gasteiger partial charge < -0.3 is 4.74 Å². The van der Waals surface area contributed by atoms with Crippen LogP contribution < -0.4 is 4.74 Å². The predicted molar refractivity (Wildman–Crippen MR) is 126 cm³/mol. The molecular formula is C23H19NO4S3. The van der Waals surface area contributed by atoms with Crippen molar-refractivity contribution in [2.75, 3.05) is 11.5 Å². The SMILES string of the molecule is O=C1C(=CC2=Cc3ccccc3OC2c2ccccc2)SC(=S)N1C1CCS(=O)(=O)C1. The van der Waals surface area contributed by atoms with E-state index in [1.165, 1.54) is 16.7 Å². The van der Waals surface area contributed by atoms with E-state index >= 15 is 0 Å². The van der Waals surface area contributed by atoms with Gasteiger partial charge >= 0.3 is 0 Å². The Morgan fingerprint density at radius 3 is 2.58 bits per heavy atom. The molecule has 3 heterocycles. The first-order valence-corrected chi connectivity index (χ1v) is 13.0. The van der Waals surface area contributed by atoms with Gasteiger partial charge in [0, 0.05) is 5.56 Å². The van der Waals surface area contributed by atoms with Gasteiger partial charge in [-0.2, -0.15) is 0 Å². The minimum absolute atomic E-state index is 0.0292. The molecule has 8 heteroatoms. The van der Waals surface area contributed by atoms with Crippen molar-refractivity contribution in [3.05, 3.63) is 82.3 Å². The van der Waals surface area contributed by atoms with Crippen molar-refractivity contribution in [2.45, 2.75) is 18.6 Å². The standard InChI is InChI=1S/C23H19NO4S3/c25-22-20(30-23(29)24(22)18-10-11-31(26,27)14-18)13-17-12-16-8-4-5-9-19(16)28-21(17)15-6-2-1-3-7-15/h1-9,12-13,18,21H,10-11,14H2. The summed E-state index contributed by atoms with van der Waals surface area (Å²) in [5.41, 5.74) is 2.78. The number of benzene rings is 2. The molecule has 2 unspecified atom stereocenters. The highest BCUT2D eigenvalue weighted by molar-refractivity contribution is 8.26. The summed E-state index contributed by atoms with van der Waals surface area (Å²) in [7, 11) is -3.12. The fourth-order valence-corrected chi connectivity index (χ4v) is 7.19. The summed E-state index contributed by atoms with van der Waals surface area (Å²) < 4.78 is 30.5. The lowest BCUT2D eigenvalue weighted by molar-refractivity contribution is -0.123. The van der Waals surface area contributed by atoms with E-state index in [0.29, 0.717) is 15.6 Å². The van der Waals surface area contributed by atoms with E-state index in [1.807, 2.05) is 66.7 Å². The Kier molecular flexibility index (Phi) is 5.24. The third-order valence-corrected chi connectivity index (χ3v) is 8.67. The molecule has 5 rings (SSSR count). The first-order chi connectivity index (χ1) is 14.9. The Labute approximate surface area is 190 Å². The van der Waals surface area contributed by atoms with E-state index in [1.54, 1.807) is 0 Å². The highest BCUT2D eigenvalue weighted by Crippen LogP contribution is 2.41. The van der Waals surface area contributed by atoms with Crippen LogP contribution in [0.5, 0.6) is 5.75 Å². The highest BCUT2D eigenvalue weighted by Gasteiger charge is 2.42. The maximum atomic E-state index is 13.2. The van der Waals surface area contributed by atoms with E-state index in [2.05, 4.69) is 0 Å². The first-order valence-electron chi connectivity index (χ1n) is 9.91. The predicted octanol–water partition coefficient (Wildman–Crippen LogP) is 4.14. The Bertz CT molecular complexity index is 1230. The molecule has 158 valence electrons. The van der Waals surface area contributed by atoms with Crippen molar-refractivity contribution in [2.24, 2.45) is 0 Å². The topological polar surface area (TPSA) is 63.7 Å². The van der Waals surface area contributed by atoms with Crippen LogP contribution >= 0.6 is 24.0 Å². The van der Waals surface area contributed by atoms with Crippen LogP contribution in [0.3, 0.4) is 0 Å². The molecule has 0 bridgehead atoms. The van der Waals surface area contributed by atoms with Crippen molar-refractivity contribution in [1.82, 2.24) is 4.90 Å². The van der Waals surface area contributed by atoms with E-state index in [0.717, 1.165) is 22.4 Å². The molecule has 0 saturated carbocycles. The van der Waals surface area contributed by atoms with Crippen molar-refractivity contribution in [3.8, 4) is 5.75 Å². The number of rotatable bonds is 3. The van der Waals surface area contributed by atoms with Gasteiger partial charge in [0.25, 0.3) is 5.91 Å². The molecule has 5 nitrogen and oxygen atoms in total. The van der Waals surface area contributed by atoms with Crippen LogP contribution in [0.1, 0.15) is 23.7 Å². The molecule has 3 aliphatic rings. The van der Waals surface area contributed by atoms with Gasteiger partial charge in [0.15, 0.2) is 9.84 Å². The average molecular weight is 470 g/mol. The number of hydrogen-bond acceptors (Lipinski definition) is 6. The Morgan fingerprint density at radius 2 is 1.84 bits per heavy atom. The Balaban J connectivity index is 1.51. The average Bonchev–Trinajstić information content (AvgIpc) is 3.25. The van der Waals surface area contributed by atoms with Gasteiger partial charge in [-0.05, 0) is 35.8 Å². The number of hydrogen-bond donors (Lipinski definition) is 0. The number of sulfone groups is 1. The number of thiocarbonyl (C=S) groups is 1. The normalized spacial score (nSPS) is 26.0. The number of carbonyl (C=O) groups is 1. The second-order valence-electron chi connectivity index (χ2n) is 7.70. The fourth-order valence-electron chi connectivity index (χ4n) is 4.09. The van der Waals surface area contributed by atoms with Gasteiger partial charge in [-0.25, -0.2) is 8.42 Å². The van der Waals surface area contributed by atoms with Crippen LogP contribution in [0.15, 0.2) is 71.2 Å². The minimum atomic E-state index is -3.12. The Morgan fingerprint density at radius 1 is 1.10 bits per heavy atom. The van der Waals surface area contributed by atoms with Crippen LogP contribution in [0, 0.1) is 0 Å². The maximum absolute atomic E-state index is 13.2. The number of para-hydroxylation sites is 1. The number of amides is 1. The second kappa shape index (κ2) is 7.93. The monoisotopic (exact) mass is 469 g/mol. The summed E-state index contributed by atoms with van der Waals surface area (Å²) in [6.45, 7) is 0. The molecule has 0 N–H and O–H groups in total. The molecule has 2 atom stereocenters. The summed E-state index contributed by atoms with van der Waals surface area (Å²) in [5.74, 6) is 0.624. The smallest absolute Gasteiger partial charge is 0.266 e. The van der Waals surface area contributed by atoms with Crippen LogP contribution in [0.2, 0.25) is 0 Å². The van der Waals surface area contributed by atoms with Crippen molar-refractivity contribution in [1.29, 1.82) is 0 Å². The molecule has 2 aromatic carbocycles. The van der Waals surface area contributed by atoms with Crippen LogP contribution in [0.4, 0.5) is 0 Å². The van der Waals surface area contributed by atoms with Crippen LogP contribution in [-0.4, -0.2) is 41.1 Å². The number of fused-ring (bicyclic) bond motifs is 1. The number of ether oxygens (including phenoxy) is 1. The molecule has 1 amide bonds. The summed E-state index contributed by atoms with van der Waals surface area (Å²) in [6, 6.07) is 17.2. The number of nitrogens with zero attached hydrogens (tertiary/aromatic N) is 1. The van der Waals surface area contributed by atoms with Crippen molar-refractivity contribution < 1.29 is 17.9 Å². The van der Waals surface area contributed by atoms with Gasteiger partial charge in [0.05, 0.1) is 22.5 Å². The highest BCUT2D eigenvalue weighted by atomic mass is 32.2. The third-order valence-electron chi connectivity index (χ3n) is 5.59. The van der Waals surface area contributed by atoms with Gasteiger partial charge in [0.2, 0.25) is 0 Å². The fraction of sp³-hybridized carbons (Fsp3) is 0.217. The van der Waals surface area contributed by atoms with E-state index in [9.17, 15) is 13.2 Å². The molecule has 2 aromatic rings. The minimum Gasteiger partial charge on any atom is -0.480 e. The lowest BCUT2D eigenvalue weighted by Crippen LogP contribution is -2.39. The van der Waals surface area contributed by atoms with Crippen LogP contribution in [-0.2, 0) is 14.6 Å².